The van der Waals surface area contributed by atoms with E-state index in [1.54, 1.807) is 0 Å². The van der Waals surface area contributed by atoms with E-state index in [4.69, 9.17) is 4.74 Å². The Morgan fingerprint density at radius 1 is 1.33 bits per heavy atom. The van der Waals surface area contributed by atoms with Gasteiger partial charge in [-0.3, -0.25) is 0 Å². The van der Waals surface area contributed by atoms with Crippen molar-refractivity contribution in [2.45, 2.75) is 33.2 Å². The topological polar surface area (TPSA) is 24.5 Å². The van der Waals surface area contributed by atoms with Gasteiger partial charge in [0.1, 0.15) is 0 Å². The maximum absolute atomic E-state index is 5.35. The second kappa shape index (κ2) is 8.40. The predicted molar refractivity (Wildman–Crippen MR) is 89.8 cm³/mol. The number of nitrogens with zero attached hydrogens (tertiary/aromatic N) is 1. The molecule has 1 aliphatic rings. The largest absolute Gasteiger partial charge is 0.384 e. The SMILES string of the molecule is COCC1CCCN(c2ccccc2CNCC(C)C)C1. The van der Waals surface area contributed by atoms with E-state index in [2.05, 4.69) is 48.3 Å². The maximum Gasteiger partial charge on any atom is 0.0507 e. The number of hydrogen-bond acceptors (Lipinski definition) is 3. The fraction of sp³-hybridized carbons (Fsp3) is 0.667. The van der Waals surface area contributed by atoms with Crippen LogP contribution in [-0.2, 0) is 11.3 Å². The highest BCUT2D eigenvalue weighted by molar-refractivity contribution is 5.54. The van der Waals surface area contributed by atoms with E-state index in [0.29, 0.717) is 11.8 Å². The lowest BCUT2D eigenvalue weighted by Crippen LogP contribution is -2.38. The molecule has 0 radical (unpaired) electrons. The molecule has 1 heterocycles. The standard InChI is InChI=1S/C18H30N2O/c1-15(2)11-19-12-17-8-4-5-9-18(17)20-10-6-7-16(13-20)14-21-3/h4-5,8-9,15-16,19H,6-7,10-14H2,1-3H3. The smallest absolute Gasteiger partial charge is 0.0507 e. The van der Waals surface area contributed by atoms with Crippen molar-refractivity contribution in [3.63, 3.8) is 0 Å². The van der Waals surface area contributed by atoms with Crippen LogP contribution in [0.15, 0.2) is 24.3 Å². The van der Waals surface area contributed by atoms with Crippen molar-refractivity contribution in [3.8, 4) is 0 Å². The van der Waals surface area contributed by atoms with E-state index in [1.165, 1.54) is 30.6 Å². The van der Waals surface area contributed by atoms with Gasteiger partial charge in [0.15, 0.2) is 0 Å². The van der Waals surface area contributed by atoms with Gasteiger partial charge in [-0.2, -0.15) is 0 Å². The molecule has 0 aromatic heterocycles. The molecule has 0 saturated carbocycles. The number of benzene rings is 1. The molecule has 0 spiro atoms. The molecule has 1 aromatic rings. The Morgan fingerprint density at radius 2 is 2.14 bits per heavy atom. The van der Waals surface area contributed by atoms with Crippen molar-refractivity contribution in [3.05, 3.63) is 29.8 Å². The van der Waals surface area contributed by atoms with Gasteiger partial charge in [0, 0.05) is 32.4 Å². The van der Waals surface area contributed by atoms with Gasteiger partial charge in [-0.15, -0.1) is 0 Å². The molecular formula is C18H30N2O. The number of rotatable bonds is 7. The first-order chi connectivity index (χ1) is 10.2. The highest BCUT2D eigenvalue weighted by Gasteiger charge is 2.21. The molecule has 0 aliphatic carbocycles. The predicted octanol–water partition coefficient (Wildman–Crippen LogP) is 3.30. The molecule has 1 fully saturated rings. The van der Waals surface area contributed by atoms with Gasteiger partial charge >= 0.3 is 0 Å². The van der Waals surface area contributed by atoms with E-state index >= 15 is 0 Å². The van der Waals surface area contributed by atoms with E-state index in [0.717, 1.165) is 26.2 Å². The van der Waals surface area contributed by atoms with Gasteiger partial charge in [-0.05, 0) is 42.9 Å². The third-order valence-corrected chi connectivity index (χ3v) is 4.12. The molecule has 0 amide bonds. The van der Waals surface area contributed by atoms with Crippen LogP contribution in [0.3, 0.4) is 0 Å². The maximum atomic E-state index is 5.35. The van der Waals surface area contributed by atoms with Crippen molar-refractivity contribution < 1.29 is 4.74 Å². The van der Waals surface area contributed by atoms with Crippen LogP contribution in [0.1, 0.15) is 32.3 Å². The first-order valence-corrected chi connectivity index (χ1v) is 8.23. The molecule has 0 bridgehead atoms. The summed E-state index contributed by atoms with van der Waals surface area (Å²) in [5, 5.41) is 3.57. The monoisotopic (exact) mass is 290 g/mol. The van der Waals surface area contributed by atoms with Crippen LogP contribution in [0.5, 0.6) is 0 Å². The third kappa shape index (κ3) is 5.01. The van der Waals surface area contributed by atoms with Crippen LogP contribution in [0.2, 0.25) is 0 Å². The van der Waals surface area contributed by atoms with Crippen molar-refractivity contribution in [1.29, 1.82) is 0 Å². The first kappa shape index (κ1) is 16.3. The molecular weight excluding hydrogens is 260 g/mol. The van der Waals surface area contributed by atoms with Gasteiger partial charge in [0.05, 0.1) is 6.61 Å². The lowest BCUT2D eigenvalue weighted by molar-refractivity contribution is 0.143. The van der Waals surface area contributed by atoms with Gasteiger partial charge in [0.2, 0.25) is 0 Å². The number of anilines is 1. The Balaban J connectivity index is 2.01. The highest BCUT2D eigenvalue weighted by Crippen LogP contribution is 2.26. The van der Waals surface area contributed by atoms with E-state index < -0.39 is 0 Å². The number of methoxy groups -OCH3 is 1. The Morgan fingerprint density at radius 3 is 2.90 bits per heavy atom. The summed E-state index contributed by atoms with van der Waals surface area (Å²) in [6.07, 6.45) is 2.56. The summed E-state index contributed by atoms with van der Waals surface area (Å²) in [7, 11) is 1.81. The Hall–Kier alpha value is -1.06. The molecule has 3 nitrogen and oxygen atoms in total. The first-order valence-electron chi connectivity index (χ1n) is 8.23. The summed E-state index contributed by atoms with van der Waals surface area (Å²) in [6, 6.07) is 8.82. The summed E-state index contributed by atoms with van der Waals surface area (Å²) < 4.78 is 5.35. The van der Waals surface area contributed by atoms with Gasteiger partial charge in [-0.1, -0.05) is 32.0 Å². The molecule has 1 aromatic carbocycles. The normalized spacial score (nSPS) is 19.2. The quantitative estimate of drug-likeness (QED) is 0.834. The van der Waals surface area contributed by atoms with Crippen molar-refractivity contribution >= 4 is 5.69 Å². The second-order valence-corrected chi connectivity index (χ2v) is 6.56. The average molecular weight is 290 g/mol. The number of ether oxygens (including phenoxy) is 1. The van der Waals surface area contributed by atoms with Gasteiger partial charge < -0.3 is 15.0 Å². The minimum Gasteiger partial charge on any atom is -0.384 e. The highest BCUT2D eigenvalue weighted by atomic mass is 16.5. The Labute approximate surface area is 129 Å². The molecule has 21 heavy (non-hydrogen) atoms. The summed E-state index contributed by atoms with van der Waals surface area (Å²) in [5.41, 5.74) is 2.81. The van der Waals surface area contributed by atoms with Crippen LogP contribution in [0.25, 0.3) is 0 Å². The average Bonchev–Trinajstić information content (AvgIpc) is 2.48. The number of para-hydroxylation sites is 1. The Kier molecular flexibility index (Phi) is 6.52. The minimum atomic E-state index is 0.667. The lowest BCUT2D eigenvalue weighted by atomic mass is 9.97. The Bertz CT molecular complexity index is 417. The summed E-state index contributed by atoms with van der Waals surface area (Å²) in [4.78, 5) is 2.54. The lowest BCUT2D eigenvalue weighted by Gasteiger charge is -2.35. The van der Waals surface area contributed by atoms with E-state index in [-0.39, 0.29) is 0 Å². The van der Waals surface area contributed by atoms with Crippen LogP contribution < -0.4 is 10.2 Å². The molecule has 1 aliphatic heterocycles. The minimum absolute atomic E-state index is 0.667. The number of hydrogen-bond donors (Lipinski definition) is 1. The van der Waals surface area contributed by atoms with Crippen molar-refractivity contribution in [1.82, 2.24) is 5.32 Å². The van der Waals surface area contributed by atoms with Gasteiger partial charge in [-0.25, -0.2) is 0 Å². The molecule has 1 unspecified atom stereocenters. The van der Waals surface area contributed by atoms with E-state index in [1.807, 2.05) is 7.11 Å². The third-order valence-electron chi connectivity index (χ3n) is 4.12. The number of piperidine rings is 1. The molecule has 3 heteroatoms. The van der Waals surface area contributed by atoms with Crippen LogP contribution in [0.4, 0.5) is 5.69 Å². The zero-order chi connectivity index (χ0) is 15.1. The van der Waals surface area contributed by atoms with Crippen LogP contribution in [-0.4, -0.2) is 33.4 Å². The van der Waals surface area contributed by atoms with Crippen molar-refractivity contribution in [2.75, 3.05) is 38.3 Å². The number of nitrogens with one attached hydrogen (secondary N) is 1. The summed E-state index contributed by atoms with van der Waals surface area (Å²) >= 11 is 0. The fourth-order valence-electron chi connectivity index (χ4n) is 3.12. The van der Waals surface area contributed by atoms with E-state index in [9.17, 15) is 0 Å². The zero-order valence-corrected chi connectivity index (χ0v) is 13.8. The fourth-order valence-corrected chi connectivity index (χ4v) is 3.12. The second-order valence-electron chi connectivity index (χ2n) is 6.56. The molecule has 1 saturated heterocycles. The zero-order valence-electron chi connectivity index (χ0n) is 13.8. The molecule has 1 atom stereocenters. The molecule has 2 rings (SSSR count). The van der Waals surface area contributed by atoms with Crippen molar-refractivity contribution in [2.24, 2.45) is 11.8 Å². The summed E-state index contributed by atoms with van der Waals surface area (Å²) in [5.74, 6) is 1.36. The molecule has 118 valence electrons. The van der Waals surface area contributed by atoms with Crippen LogP contribution >= 0.6 is 0 Å². The summed E-state index contributed by atoms with van der Waals surface area (Å²) in [6.45, 7) is 9.69. The molecule has 1 N–H and O–H groups in total. The van der Waals surface area contributed by atoms with Crippen LogP contribution in [0, 0.1) is 11.8 Å². The van der Waals surface area contributed by atoms with Gasteiger partial charge in [0.25, 0.3) is 0 Å².